The minimum Gasteiger partial charge on any atom is -0.347 e. The van der Waals surface area contributed by atoms with E-state index in [4.69, 9.17) is 1.37 Å². The first kappa shape index (κ1) is 8.22. The molecule has 1 heterocycles. The van der Waals surface area contributed by atoms with Gasteiger partial charge in [0.05, 0.1) is 6.54 Å². The predicted octanol–water partition coefficient (Wildman–Crippen LogP) is 0.732. The first-order valence-electron chi connectivity index (χ1n) is 4.47. The summed E-state index contributed by atoms with van der Waals surface area (Å²) in [5.41, 5.74) is -0.441. The number of carbonyl (C=O) groups excluding carboxylic acids is 1. The van der Waals surface area contributed by atoms with Gasteiger partial charge in [-0.05, 0) is 0 Å². The third-order valence-corrected chi connectivity index (χ3v) is 1.45. The molecule has 1 rings (SSSR count). The monoisotopic (exact) mass is 184 g/mol. The van der Waals surface area contributed by atoms with Crippen LogP contribution in [0.15, 0.2) is 10.8 Å². The summed E-state index contributed by atoms with van der Waals surface area (Å²) in [4.78, 5) is 15.0. The fourth-order valence-electron chi connectivity index (χ4n) is 0.663. The third kappa shape index (κ3) is 2.85. The van der Waals surface area contributed by atoms with E-state index in [0.717, 1.165) is 0 Å². The molecular formula is C8H13N3O2. The molecule has 0 spiro atoms. The molecular weight excluding hydrogens is 170 g/mol. The summed E-state index contributed by atoms with van der Waals surface area (Å²) in [5.74, 6) is 0.148. The summed E-state index contributed by atoms with van der Waals surface area (Å²) in [6, 6.07) is 0. The Bertz CT molecular complexity index is 330. The highest BCUT2D eigenvalue weighted by Crippen LogP contribution is 2.12. The lowest BCUT2D eigenvalue weighted by Crippen LogP contribution is -2.34. The van der Waals surface area contributed by atoms with Crippen molar-refractivity contribution in [1.82, 2.24) is 15.5 Å². The van der Waals surface area contributed by atoms with Crippen LogP contribution in [0.1, 0.15) is 28.0 Å². The molecule has 0 saturated heterocycles. The van der Waals surface area contributed by atoms with E-state index in [1.54, 1.807) is 0 Å². The van der Waals surface area contributed by atoms with Crippen molar-refractivity contribution in [1.29, 1.82) is 0 Å². The van der Waals surface area contributed by atoms with Crippen molar-refractivity contribution in [2.75, 3.05) is 0 Å². The number of aromatic nitrogens is 2. The number of rotatable bonds is 2. The Balaban J connectivity index is 2.46. The molecule has 0 unspecified atom stereocenters. The molecule has 0 radical (unpaired) electrons. The molecule has 1 aromatic heterocycles. The van der Waals surface area contributed by atoms with Gasteiger partial charge in [-0.1, -0.05) is 25.9 Å². The van der Waals surface area contributed by atoms with Gasteiger partial charge in [-0.2, -0.15) is 4.98 Å². The van der Waals surface area contributed by atoms with E-state index >= 15 is 0 Å². The Labute approximate surface area is 77.9 Å². The maximum absolute atomic E-state index is 11.4. The fraction of sp³-hybridized carbons (Fsp3) is 0.625. The molecule has 0 aliphatic rings. The Morgan fingerprint density at radius 1 is 1.77 bits per heavy atom. The lowest BCUT2D eigenvalue weighted by molar-refractivity contribution is -0.128. The summed E-state index contributed by atoms with van der Waals surface area (Å²) in [6.45, 7) is 5.60. The number of nitrogens with one attached hydrogen (secondary N) is 1. The average molecular weight is 184 g/mol. The maximum Gasteiger partial charge on any atom is 0.245 e. The van der Waals surface area contributed by atoms with E-state index in [9.17, 15) is 4.79 Å². The summed E-state index contributed by atoms with van der Waals surface area (Å²) in [5, 5.41) is 5.92. The van der Waals surface area contributed by atoms with Gasteiger partial charge < -0.3 is 9.84 Å². The van der Waals surface area contributed by atoms with Gasteiger partial charge in [0.2, 0.25) is 11.8 Å². The molecule has 1 amide bonds. The van der Waals surface area contributed by atoms with Gasteiger partial charge in [0.15, 0.2) is 6.30 Å². The van der Waals surface area contributed by atoms with Crippen molar-refractivity contribution in [3.8, 4) is 0 Å². The van der Waals surface area contributed by atoms with E-state index < -0.39 is 5.41 Å². The summed E-state index contributed by atoms with van der Waals surface area (Å²) >= 11 is 0. The Kier molecular flexibility index (Phi) is 2.25. The predicted molar refractivity (Wildman–Crippen MR) is 45.6 cm³/mol. The highest BCUT2D eigenvalue weighted by atomic mass is 16.5. The van der Waals surface area contributed by atoms with Crippen LogP contribution in [0, 0.1) is 5.41 Å². The van der Waals surface area contributed by atoms with Gasteiger partial charge in [0.25, 0.3) is 0 Å². The third-order valence-electron chi connectivity index (χ3n) is 1.45. The number of carbonyl (C=O) groups is 1. The van der Waals surface area contributed by atoms with E-state index in [2.05, 4.69) is 20.0 Å². The summed E-state index contributed by atoms with van der Waals surface area (Å²) in [7, 11) is 0. The Morgan fingerprint density at radius 2 is 2.46 bits per heavy atom. The van der Waals surface area contributed by atoms with Crippen LogP contribution in [0.2, 0.25) is 0 Å². The van der Waals surface area contributed by atoms with E-state index in [0.29, 0.717) is 0 Å². The maximum atomic E-state index is 11.4. The van der Waals surface area contributed by atoms with E-state index in [1.165, 1.54) is 0 Å². The number of amides is 1. The molecule has 1 N–H and O–H groups in total. The zero-order valence-corrected chi connectivity index (χ0v) is 7.92. The van der Waals surface area contributed by atoms with Gasteiger partial charge in [0.1, 0.15) is 1.37 Å². The van der Waals surface area contributed by atoms with Crippen molar-refractivity contribution in [2.45, 2.75) is 27.3 Å². The van der Waals surface area contributed by atoms with Crippen molar-refractivity contribution in [3.63, 3.8) is 0 Å². The molecule has 13 heavy (non-hydrogen) atoms. The minimum atomic E-state index is -0.441. The van der Waals surface area contributed by atoms with E-state index in [1.807, 2.05) is 20.8 Å². The molecule has 5 heteroatoms. The van der Waals surface area contributed by atoms with Crippen LogP contribution in [-0.2, 0) is 11.3 Å². The molecule has 1 aromatic rings. The zero-order chi connectivity index (χ0) is 10.8. The smallest absolute Gasteiger partial charge is 0.245 e. The van der Waals surface area contributed by atoms with Crippen LogP contribution in [-0.4, -0.2) is 16.0 Å². The molecule has 72 valence electrons. The first-order valence-corrected chi connectivity index (χ1v) is 3.97. The van der Waals surface area contributed by atoms with E-state index in [-0.39, 0.29) is 24.6 Å². The molecule has 0 saturated carbocycles. The highest BCUT2D eigenvalue weighted by molar-refractivity contribution is 5.81. The minimum absolute atomic E-state index is 0.0952. The fourth-order valence-corrected chi connectivity index (χ4v) is 0.663. The van der Waals surface area contributed by atoms with Gasteiger partial charge in [-0.3, -0.25) is 4.79 Å². The average Bonchev–Trinajstić information content (AvgIpc) is 2.45. The second-order valence-corrected chi connectivity index (χ2v) is 3.72. The standard InChI is InChI=1S/C8H13N3O2/c1-8(2,3)7(12)9-4-6-10-5-11-13-6/h5H,4H2,1-3H3,(H,9,12)/i5D. The van der Waals surface area contributed by atoms with Crippen LogP contribution >= 0.6 is 0 Å². The second-order valence-electron chi connectivity index (χ2n) is 3.72. The second kappa shape index (κ2) is 3.55. The number of hydrogen-bond donors (Lipinski definition) is 1. The van der Waals surface area contributed by atoms with Crippen LogP contribution in [0.3, 0.4) is 0 Å². The first-order chi connectivity index (χ1) is 6.39. The van der Waals surface area contributed by atoms with Gasteiger partial charge in [0, 0.05) is 5.41 Å². The molecule has 0 aromatic carbocycles. The zero-order valence-electron chi connectivity index (χ0n) is 8.92. The van der Waals surface area contributed by atoms with Crippen molar-refractivity contribution >= 4 is 5.91 Å². The normalized spacial score (nSPS) is 12.4. The largest absolute Gasteiger partial charge is 0.347 e. The Hall–Kier alpha value is -1.39. The molecule has 0 atom stereocenters. The number of hydrogen-bond acceptors (Lipinski definition) is 4. The summed E-state index contributed by atoms with van der Waals surface area (Å²) in [6.07, 6.45) is -0.176. The van der Waals surface area contributed by atoms with Crippen molar-refractivity contribution < 1.29 is 10.7 Å². The quantitative estimate of drug-likeness (QED) is 0.735. The SMILES string of the molecule is [2H]c1noc(CNC(=O)C(C)(C)C)n1. The molecule has 0 bridgehead atoms. The van der Waals surface area contributed by atoms with Gasteiger partial charge >= 0.3 is 0 Å². The highest BCUT2D eigenvalue weighted by Gasteiger charge is 2.20. The number of nitrogens with zero attached hydrogens (tertiary/aromatic N) is 2. The Morgan fingerprint density at radius 3 is 2.92 bits per heavy atom. The molecule has 5 nitrogen and oxygen atoms in total. The lowest BCUT2D eigenvalue weighted by atomic mass is 9.96. The lowest BCUT2D eigenvalue weighted by Gasteiger charge is -2.16. The molecule has 0 fully saturated rings. The van der Waals surface area contributed by atoms with Gasteiger partial charge in [-0.25, -0.2) is 0 Å². The van der Waals surface area contributed by atoms with Crippen LogP contribution in [0.4, 0.5) is 0 Å². The van der Waals surface area contributed by atoms with Crippen molar-refractivity contribution in [3.05, 3.63) is 12.2 Å². The van der Waals surface area contributed by atoms with Crippen LogP contribution < -0.4 is 5.32 Å². The van der Waals surface area contributed by atoms with Crippen molar-refractivity contribution in [2.24, 2.45) is 5.41 Å². The molecule has 0 aliphatic carbocycles. The van der Waals surface area contributed by atoms with Crippen LogP contribution in [0.25, 0.3) is 0 Å². The topological polar surface area (TPSA) is 68.0 Å². The summed E-state index contributed by atoms with van der Waals surface area (Å²) < 4.78 is 11.7. The van der Waals surface area contributed by atoms with Crippen LogP contribution in [0.5, 0.6) is 0 Å². The van der Waals surface area contributed by atoms with Gasteiger partial charge in [-0.15, -0.1) is 0 Å². The molecule has 0 aliphatic heterocycles.